The fraction of sp³-hybridized carbons (Fsp3) is 0.500. The zero-order chi connectivity index (χ0) is 17.8. The highest BCUT2D eigenvalue weighted by Gasteiger charge is 2.24. The maximum Gasteiger partial charge on any atom is 0.227 e. The van der Waals surface area contributed by atoms with E-state index in [1.54, 1.807) is 0 Å². The van der Waals surface area contributed by atoms with Crippen LogP contribution in [-0.4, -0.2) is 39.8 Å². The molecule has 0 aliphatic carbocycles. The van der Waals surface area contributed by atoms with Crippen LogP contribution in [0.25, 0.3) is 0 Å². The Bertz CT molecular complexity index is 716. The van der Waals surface area contributed by atoms with Crippen molar-refractivity contribution >= 4 is 5.91 Å². The second-order valence-corrected chi connectivity index (χ2v) is 6.83. The molecule has 1 saturated heterocycles. The van der Waals surface area contributed by atoms with Crippen LogP contribution in [0, 0.1) is 13.8 Å². The Labute approximate surface area is 149 Å². The van der Waals surface area contributed by atoms with Gasteiger partial charge >= 0.3 is 0 Å². The fourth-order valence-corrected chi connectivity index (χ4v) is 3.40. The molecule has 1 aromatic carbocycles. The van der Waals surface area contributed by atoms with Crippen LogP contribution in [0.1, 0.15) is 35.4 Å². The number of carbonyl (C=O) groups is 1. The molecule has 0 radical (unpaired) electrons. The van der Waals surface area contributed by atoms with E-state index in [4.69, 9.17) is 4.74 Å². The maximum atomic E-state index is 12.6. The maximum absolute atomic E-state index is 12.6. The van der Waals surface area contributed by atoms with Crippen LogP contribution in [-0.2, 0) is 29.6 Å². The Kier molecular flexibility index (Phi) is 5.53. The Morgan fingerprint density at radius 2 is 1.88 bits per heavy atom. The minimum atomic E-state index is 0.195. The minimum Gasteiger partial charge on any atom is -0.373 e. The van der Waals surface area contributed by atoms with Gasteiger partial charge in [0.25, 0.3) is 0 Å². The first-order chi connectivity index (χ1) is 12.0. The summed E-state index contributed by atoms with van der Waals surface area (Å²) >= 11 is 0. The van der Waals surface area contributed by atoms with E-state index >= 15 is 0 Å². The zero-order valence-corrected chi connectivity index (χ0v) is 15.4. The molecule has 0 saturated carbocycles. The Morgan fingerprint density at radius 3 is 2.48 bits per heavy atom. The van der Waals surface area contributed by atoms with Crippen molar-refractivity contribution in [3.8, 4) is 0 Å². The van der Waals surface area contributed by atoms with Crippen molar-refractivity contribution in [3.05, 3.63) is 52.8 Å². The van der Waals surface area contributed by atoms with Crippen molar-refractivity contribution < 1.29 is 9.53 Å². The van der Waals surface area contributed by atoms with Gasteiger partial charge in [0.15, 0.2) is 0 Å². The van der Waals surface area contributed by atoms with Crippen molar-refractivity contribution in [2.45, 2.75) is 45.8 Å². The SMILES string of the molecule is Cc1nn(C)c(C)c1CC(=O)N1CCC(OCc2ccccc2)CC1. The average Bonchev–Trinajstić information content (AvgIpc) is 2.87. The third-order valence-electron chi connectivity index (χ3n) is 5.11. The van der Waals surface area contributed by atoms with Gasteiger partial charge in [-0.15, -0.1) is 0 Å². The smallest absolute Gasteiger partial charge is 0.227 e. The number of hydrogen-bond acceptors (Lipinski definition) is 3. The topological polar surface area (TPSA) is 47.4 Å². The predicted octanol–water partition coefficient (Wildman–Crippen LogP) is 2.79. The van der Waals surface area contributed by atoms with E-state index in [0.717, 1.165) is 42.9 Å². The molecule has 1 aliphatic heterocycles. The number of piperidine rings is 1. The summed E-state index contributed by atoms with van der Waals surface area (Å²) in [4.78, 5) is 14.6. The van der Waals surface area contributed by atoms with E-state index in [9.17, 15) is 4.79 Å². The number of nitrogens with zero attached hydrogens (tertiary/aromatic N) is 3. The Morgan fingerprint density at radius 1 is 1.20 bits per heavy atom. The third-order valence-corrected chi connectivity index (χ3v) is 5.11. The highest BCUT2D eigenvalue weighted by Crippen LogP contribution is 2.19. The van der Waals surface area contributed by atoms with Gasteiger partial charge in [-0.25, -0.2) is 0 Å². The molecule has 134 valence electrons. The fourth-order valence-electron chi connectivity index (χ4n) is 3.40. The molecular weight excluding hydrogens is 314 g/mol. The molecule has 2 heterocycles. The lowest BCUT2D eigenvalue weighted by molar-refractivity contribution is -0.133. The molecule has 1 aliphatic rings. The van der Waals surface area contributed by atoms with Crippen LogP contribution in [0.5, 0.6) is 0 Å². The van der Waals surface area contributed by atoms with Gasteiger partial charge in [0.05, 0.1) is 24.8 Å². The summed E-state index contributed by atoms with van der Waals surface area (Å²) in [5.41, 5.74) is 4.29. The highest BCUT2D eigenvalue weighted by atomic mass is 16.5. The average molecular weight is 341 g/mol. The Balaban J connectivity index is 1.47. The zero-order valence-electron chi connectivity index (χ0n) is 15.4. The largest absolute Gasteiger partial charge is 0.373 e. The van der Waals surface area contributed by atoms with Crippen molar-refractivity contribution in [2.24, 2.45) is 7.05 Å². The van der Waals surface area contributed by atoms with Gasteiger partial charge in [-0.1, -0.05) is 30.3 Å². The number of amides is 1. The number of aromatic nitrogens is 2. The van der Waals surface area contributed by atoms with E-state index in [0.29, 0.717) is 13.0 Å². The lowest BCUT2D eigenvalue weighted by atomic mass is 10.0. The number of aryl methyl sites for hydroxylation is 2. The molecule has 1 amide bonds. The van der Waals surface area contributed by atoms with Crippen LogP contribution >= 0.6 is 0 Å². The van der Waals surface area contributed by atoms with Crippen LogP contribution in [0.4, 0.5) is 0 Å². The van der Waals surface area contributed by atoms with Gasteiger partial charge in [0, 0.05) is 31.4 Å². The van der Waals surface area contributed by atoms with Gasteiger partial charge in [0.1, 0.15) is 0 Å². The molecule has 25 heavy (non-hydrogen) atoms. The molecule has 0 bridgehead atoms. The summed E-state index contributed by atoms with van der Waals surface area (Å²) in [5, 5.41) is 4.40. The van der Waals surface area contributed by atoms with Gasteiger partial charge in [-0.2, -0.15) is 5.10 Å². The van der Waals surface area contributed by atoms with Gasteiger partial charge in [0.2, 0.25) is 5.91 Å². The molecule has 3 rings (SSSR count). The number of ether oxygens (including phenoxy) is 1. The molecule has 0 unspecified atom stereocenters. The van der Waals surface area contributed by atoms with Crippen LogP contribution in [0.15, 0.2) is 30.3 Å². The highest BCUT2D eigenvalue weighted by molar-refractivity contribution is 5.79. The molecule has 0 atom stereocenters. The standard InChI is InChI=1S/C20H27N3O2/c1-15-19(16(2)22(3)21-15)13-20(24)23-11-9-18(10-12-23)25-14-17-7-5-4-6-8-17/h4-8,18H,9-14H2,1-3H3. The number of rotatable bonds is 5. The monoisotopic (exact) mass is 341 g/mol. The summed E-state index contributed by atoms with van der Waals surface area (Å²) in [7, 11) is 1.92. The first-order valence-corrected chi connectivity index (χ1v) is 8.97. The Hall–Kier alpha value is -2.14. The summed E-state index contributed by atoms with van der Waals surface area (Å²) < 4.78 is 7.85. The number of benzene rings is 1. The van der Waals surface area contributed by atoms with E-state index in [2.05, 4.69) is 17.2 Å². The normalized spacial score (nSPS) is 15.6. The summed E-state index contributed by atoms with van der Waals surface area (Å²) in [6.07, 6.45) is 2.50. The molecule has 1 fully saturated rings. The van der Waals surface area contributed by atoms with E-state index in [1.165, 1.54) is 5.56 Å². The predicted molar refractivity (Wildman–Crippen MR) is 97.2 cm³/mol. The summed E-state index contributed by atoms with van der Waals surface area (Å²) in [6.45, 7) is 6.19. The van der Waals surface area contributed by atoms with Crippen LogP contribution < -0.4 is 0 Å². The van der Waals surface area contributed by atoms with E-state index < -0.39 is 0 Å². The number of hydrogen-bond donors (Lipinski definition) is 0. The van der Waals surface area contributed by atoms with Gasteiger partial charge in [-0.3, -0.25) is 9.48 Å². The molecule has 2 aromatic rings. The lowest BCUT2D eigenvalue weighted by Crippen LogP contribution is -2.41. The second-order valence-electron chi connectivity index (χ2n) is 6.83. The second kappa shape index (κ2) is 7.83. The summed E-state index contributed by atoms with van der Waals surface area (Å²) in [6, 6.07) is 10.2. The molecule has 5 nitrogen and oxygen atoms in total. The third kappa shape index (κ3) is 4.28. The van der Waals surface area contributed by atoms with E-state index in [1.807, 2.05) is 48.7 Å². The molecule has 0 N–H and O–H groups in total. The van der Waals surface area contributed by atoms with E-state index in [-0.39, 0.29) is 12.0 Å². The molecule has 1 aromatic heterocycles. The molecular formula is C20H27N3O2. The molecule has 5 heteroatoms. The number of carbonyl (C=O) groups excluding carboxylic acids is 1. The first-order valence-electron chi connectivity index (χ1n) is 8.97. The van der Waals surface area contributed by atoms with Crippen LogP contribution in [0.3, 0.4) is 0 Å². The van der Waals surface area contributed by atoms with Crippen molar-refractivity contribution in [1.82, 2.24) is 14.7 Å². The van der Waals surface area contributed by atoms with Crippen LogP contribution in [0.2, 0.25) is 0 Å². The van der Waals surface area contributed by atoms with Gasteiger partial charge in [-0.05, 0) is 32.3 Å². The minimum absolute atomic E-state index is 0.195. The van der Waals surface area contributed by atoms with Gasteiger partial charge < -0.3 is 9.64 Å². The number of likely N-dealkylation sites (tertiary alicyclic amines) is 1. The molecule has 0 spiro atoms. The summed E-state index contributed by atoms with van der Waals surface area (Å²) in [5.74, 6) is 0.195. The van der Waals surface area contributed by atoms with Crippen molar-refractivity contribution in [3.63, 3.8) is 0 Å². The first kappa shape index (κ1) is 17.7. The van der Waals surface area contributed by atoms with Crippen molar-refractivity contribution in [1.29, 1.82) is 0 Å². The quantitative estimate of drug-likeness (QED) is 0.840. The van der Waals surface area contributed by atoms with Crippen molar-refractivity contribution in [2.75, 3.05) is 13.1 Å². The lowest BCUT2D eigenvalue weighted by Gasteiger charge is -2.32.